The smallest absolute Gasteiger partial charge is 0.220 e. The van der Waals surface area contributed by atoms with Gasteiger partial charge in [0.05, 0.1) is 32.0 Å². The van der Waals surface area contributed by atoms with E-state index in [0.29, 0.717) is 6.42 Å². The first-order valence-corrected chi connectivity index (χ1v) is 32.9. The second-order valence-corrected chi connectivity index (χ2v) is 23.6. The van der Waals surface area contributed by atoms with Crippen LogP contribution in [0.1, 0.15) is 296 Å². The van der Waals surface area contributed by atoms with Gasteiger partial charge in [-0.1, -0.05) is 283 Å². The lowest BCUT2D eigenvalue weighted by molar-refractivity contribution is -0.359. The molecule has 0 saturated carbocycles. The minimum absolute atomic E-state index is 0.232. The normalized spacial score (nSPS) is 24.5. The van der Waals surface area contributed by atoms with Crippen molar-refractivity contribution in [2.45, 2.75) is 370 Å². The van der Waals surface area contributed by atoms with E-state index in [9.17, 15) is 45.6 Å². The lowest BCUT2D eigenvalue weighted by atomic mass is 9.97. The van der Waals surface area contributed by atoms with Crippen LogP contribution in [0, 0.1) is 0 Å². The van der Waals surface area contributed by atoms with Crippen LogP contribution in [-0.2, 0) is 23.7 Å². The highest BCUT2D eigenvalue weighted by Crippen LogP contribution is 2.30. The summed E-state index contributed by atoms with van der Waals surface area (Å²) in [6, 6.07) is -0.910. The van der Waals surface area contributed by atoms with Gasteiger partial charge in [0.15, 0.2) is 12.6 Å². The number of aliphatic hydroxyl groups excluding tert-OH is 8. The van der Waals surface area contributed by atoms with Gasteiger partial charge in [-0.15, -0.1) is 0 Å². The molecule has 2 fully saturated rings. The molecule has 14 heteroatoms. The number of ether oxygens (including phenoxy) is 4. The second kappa shape index (κ2) is 50.3. The molecule has 12 unspecified atom stereocenters. The van der Waals surface area contributed by atoms with Gasteiger partial charge < -0.3 is 65.1 Å². The van der Waals surface area contributed by atoms with Gasteiger partial charge >= 0.3 is 0 Å². The van der Waals surface area contributed by atoms with E-state index < -0.39 is 86.8 Å². The molecule has 2 aliphatic heterocycles. The molecule has 0 aromatic rings. The van der Waals surface area contributed by atoms with E-state index in [2.05, 4.69) is 19.2 Å². The Bertz CT molecular complexity index is 1360. The van der Waals surface area contributed by atoms with Crippen LogP contribution < -0.4 is 5.32 Å². The molecule has 462 valence electrons. The second-order valence-electron chi connectivity index (χ2n) is 23.6. The third-order valence-corrected chi connectivity index (χ3v) is 16.5. The van der Waals surface area contributed by atoms with Crippen molar-refractivity contribution < 1.29 is 64.6 Å². The Labute approximate surface area is 476 Å². The summed E-state index contributed by atoms with van der Waals surface area (Å²) in [5.74, 6) is -0.232. The van der Waals surface area contributed by atoms with Gasteiger partial charge in [-0.3, -0.25) is 4.79 Å². The molecular weight excluding hydrogens is 991 g/mol. The van der Waals surface area contributed by atoms with Crippen LogP contribution in [0.5, 0.6) is 0 Å². The van der Waals surface area contributed by atoms with Crippen molar-refractivity contribution in [1.82, 2.24) is 5.32 Å². The fraction of sp³-hybridized carbons (Fsp3) is 0.953. The Morgan fingerprint density at radius 3 is 1.18 bits per heavy atom. The summed E-state index contributed by atoms with van der Waals surface area (Å²) in [6.07, 6.45) is 42.6. The van der Waals surface area contributed by atoms with Crippen molar-refractivity contribution in [1.29, 1.82) is 0 Å². The zero-order valence-corrected chi connectivity index (χ0v) is 49.9. The van der Waals surface area contributed by atoms with Crippen molar-refractivity contribution in [3.63, 3.8) is 0 Å². The summed E-state index contributed by atoms with van der Waals surface area (Å²) < 4.78 is 22.8. The summed E-state index contributed by atoms with van der Waals surface area (Å²) in [5.41, 5.74) is 0. The van der Waals surface area contributed by atoms with E-state index in [1.54, 1.807) is 6.08 Å². The first-order chi connectivity index (χ1) is 38.1. The molecule has 2 heterocycles. The van der Waals surface area contributed by atoms with Crippen LogP contribution >= 0.6 is 0 Å². The number of rotatable bonds is 54. The quantitative estimate of drug-likeness (QED) is 0.0204. The lowest BCUT2D eigenvalue weighted by Crippen LogP contribution is -2.65. The van der Waals surface area contributed by atoms with Gasteiger partial charge in [-0.2, -0.15) is 0 Å². The highest BCUT2D eigenvalue weighted by molar-refractivity contribution is 5.76. The number of aliphatic hydroxyl groups is 8. The van der Waals surface area contributed by atoms with Crippen LogP contribution in [0.15, 0.2) is 12.2 Å². The molecule has 2 rings (SSSR count). The number of nitrogens with one attached hydrogen (secondary N) is 1. The van der Waals surface area contributed by atoms with Crippen LogP contribution in [0.2, 0.25) is 0 Å². The monoisotopic (exact) mass is 1110 g/mol. The molecule has 12 atom stereocenters. The van der Waals surface area contributed by atoms with E-state index in [1.807, 2.05) is 6.08 Å². The maximum Gasteiger partial charge on any atom is 0.220 e. The number of hydrogen-bond donors (Lipinski definition) is 9. The molecule has 0 radical (unpaired) electrons. The fourth-order valence-corrected chi connectivity index (χ4v) is 11.2. The Kier molecular flexibility index (Phi) is 46.9. The Morgan fingerprint density at radius 1 is 0.449 bits per heavy atom. The maximum absolute atomic E-state index is 13.3. The van der Waals surface area contributed by atoms with Gasteiger partial charge in [-0.25, -0.2) is 0 Å². The predicted octanol–water partition coefficient (Wildman–Crippen LogP) is 12.2. The van der Waals surface area contributed by atoms with Gasteiger partial charge in [0, 0.05) is 6.42 Å². The number of carbonyl (C=O) groups excluding carboxylic acids is 1. The van der Waals surface area contributed by atoms with Gasteiger partial charge in [-0.05, 0) is 19.3 Å². The average molecular weight is 1110 g/mol. The zero-order valence-electron chi connectivity index (χ0n) is 49.9. The van der Waals surface area contributed by atoms with Gasteiger partial charge in [0.25, 0.3) is 0 Å². The SMILES string of the molecule is CCCCCCCCCCCCCCCCCCC/C=C/C(O)C(COC1OC(CO)C(OC2OC(CO)C(O)C(O)C2O)C(O)C1O)NC(=O)CCCCCCCCCCCCCCCCCCCCCCCCCCC. The molecule has 9 N–H and O–H groups in total. The third-order valence-electron chi connectivity index (χ3n) is 16.5. The number of hydrogen-bond acceptors (Lipinski definition) is 13. The Balaban J connectivity index is 1.71. The number of amides is 1. The van der Waals surface area contributed by atoms with Crippen molar-refractivity contribution in [2.24, 2.45) is 0 Å². The average Bonchev–Trinajstić information content (AvgIpc) is 3.48. The topological polar surface area (TPSA) is 228 Å². The summed E-state index contributed by atoms with van der Waals surface area (Å²) in [4.78, 5) is 13.3. The Hall–Kier alpha value is -1.27. The molecule has 0 aliphatic carbocycles. The van der Waals surface area contributed by atoms with E-state index in [1.165, 1.54) is 231 Å². The van der Waals surface area contributed by atoms with E-state index in [0.717, 1.165) is 38.5 Å². The molecule has 0 aromatic carbocycles. The maximum atomic E-state index is 13.3. The molecule has 1 amide bonds. The summed E-state index contributed by atoms with van der Waals surface area (Å²) in [7, 11) is 0. The highest BCUT2D eigenvalue weighted by Gasteiger charge is 2.51. The van der Waals surface area contributed by atoms with Gasteiger partial charge in [0.1, 0.15) is 48.8 Å². The summed E-state index contributed by atoms with van der Waals surface area (Å²) in [5, 5.41) is 87.3. The Morgan fingerprint density at radius 2 is 0.795 bits per heavy atom. The van der Waals surface area contributed by atoms with E-state index >= 15 is 0 Å². The molecule has 2 aliphatic rings. The summed E-state index contributed by atoms with van der Waals surface area (Å²) in [6.45, 7) is 2.85. The lowest BCUT2D eigenvalue weighted by Gasteiger charge is -2.46. The number of carbonyl (C=O) groups is 1. The molecule has 0 spiro atoms. The van der Waals surface area contributed by atoms with E-state index in [-0.39, 0.29) is 18.9 Å². The van der Waals surface area contributed by atoms with Crippen LogP contribution in [0.25, 0.3) is 0 Å². The van der Waals surface area contributed by atoms with Crippen molar-refractivity contribution in [3.05, 3.63) is 12.2 Å². The van der Waals surface area contributed by atoms with Crippen LogP contribution in [0.4, 0.5) is 0 Å². The van der Waals surface area contributed by atoms with E-state index in [4.69, 9.17) is 18.9 Å². The predicted molar refractivity (Wildman–Crippen MR) is 314 cm³/mol. The van der Waals surface area contributed by atoms with Crippen molar-refractivity contribution in [3.8, 4) is 0 Å². The number of unbranched alkanes of at least 4 members (excludes halogenated alkanes) is 41. The zero-order chi connectivity index (χ0) is 56.7. The summed E-state index contributed by atoms with van der Waals surface area (Å²) >= 11 is 0. The van der Waals surface area contributed by atoms with Crippen LogP contribution in [0.3, 0.4) is 0 Å². The molecular formula is C64H123NO13. The molecule has 2 saturated heterocycles. The molecule has 14 nitrogen and oxygen atoms in total. The van der Waals surface area contributed by atoms with Gasteiger partial charge in [0.2, 0.25) is 5.91 Å². The largest absolute Gasteiger partial charge is 0.394 e. The first-order valence-electron chi connectivity index (χ1n) is 32.9. The standard InChI is InChI=1S/C64H123NO13/c1-3-5-7-9-11-13-15-17-19-21-23-24-25-26-27-28-30-32-34-36-38-40-42-44-46-48-56(69)65-52(53(68)47-45-43-41-39-37-35-33-31-29-22-20-18-16-14-12-10-8-6-4-2)51-75-63-61(74)59(72)62(55(50-67)77-63)78-64-60(73)58(71)57(70)54(49-66)76-64/h45,47,52-55,57-64,66-68,70-74H,3-44,46,48-51H2,1-2H3,(H,65,69)/b47-45+. The minimum atomic E-state index is -1.79. The number of allylic oxidation sites excluding steroid dienone is 1. The van der Waals surface area contributed by atoms with Crippen molar-refractivity contribution in [2.75, 3.05) is 19.8 Å². The fourth-order valence-electron chi connectivity index (χ4n) is 11.2. The molecule has 0 aromatic heterocycles. The third kappa shape index (κ3) is 35.0. The first kappa shape index (κ1) is 72.8. The molecule has 0 bridgehead atoms. The van der Waals surface area contributed by atoms with Crippen molar-refractivity contribution >= 4 is 5.91 Å². The van der Waals surface area contributed by atoms with Crippen LogP contribution in [-0.4, -0.2) is 140 Å². The highest BCUT2D eigenvalue weighted by atomic mass is 16.7. The molecule has 78 heavy (non-hydrogen) atoms. The minimum Gasteiger partial charge on any atom is -0.394 e.